The summed E-state index contributed by atoms with van der Waals surface area (Å²) in [5.41, 5.74) is 3.20. The molecule has 2 aromatic carbocycles. The maximum absolute atomic E-state index is 11.0. The van der Waals surface area contributed by atoms with Crippen molar-refractivity contribution in [3.05, 3.63) is 52.1 Å². The topological polar surface area (TPSA) is 118 Å². The number of thiocarbonyl (C=S) groups is 1. The van der Waals surface area contributed by atoms with Crippen LogP contribution in [0.4, 0.5) is 11.4 Å². The van der Waals surface area contributed by atoms with Crippen LogP contribution >= 0.6 is 12.2 Å². The van der Waals surface area contributed by atoms with Crippen molar-refractivity contribution in [2.24, 2.45) is 5.10 Å². The zero-order valence-electron chi connectivity index (χ0n) is 13.9. The first-order valence-electron chi connectivity index (χ1n) is 7.24. The molecule has 0 saturated heterocycles. The molecule has 0 saturated carbocycles. The molecule has 2 aromatic rings. The lowest BCUT2D eigenvalue weighted by atomic mass is 10.2. The monoisotopic (exact) mass is 376 g/mol. The number of phenols is 1. The van der Waals surface area contributed by atoms with Crippen LogP contribution in [0.3, 0.4) is 0 Å². The van der Waals surface area contributed by atoms with Crippen LogP contribution in [0.5, 0.6) is 17.2 Å². The molecule has 3 N–H and O–H groups in total. The molecule has 26 heavy (non-hydrogen) atoms. The number of nitro groups is 1. The van der Waals surface area contributed by atoms with Crippen molar-refractivity contribution < 1.29 is 19.5 Å². The van der Waals surface area contributed by atoms with E-state index >= 15 is 0 Å². The Kier molecular flexibility index (Phi) is 6.28. The van der Waals surface area contributed by atoms with E-state index in [1.807, 2.05) is 0 Å². The van der Waals surface area contributed by atoms with E-state index in [0.717, 1.165) is 11.4 Å². The van der Waals surface area contributed by atoms with E-state index in [1.165, 1.54) is 25.5 Å². The van der Waals surface area contributed by atoms with Crippen LogP contribution in [0.15, 0.2) is 41.5 Å². The summed E-state index contributed by atoms with van der Waals surface area (Å²) in [7, 11) is 2.87. The van der Waals surface area contributed by atoms with Gasteiger partial charge in [0.1, 0.15) is 5.75 Å². The molecule has 0 aromatic heterocycles. The van der Waals surface area contributed by atoms with Crippen molar-refractivity contribution in [2.75, 3.05) is 19.5 Å². The molecule has 0 aliphatic heterocycles. The van der Waals surface area contributed by atoms with E-state index < -0.39 is 16.4 Å². The Labute approximate surface area is 154 Å². The van der Waals surface area contributed by atoms with Gasteiger partial charge in [-0.15, -0.1) is 0 Å². The third-order valence-corrected chi connectivity index (χ3v) is 3.41. The van der Waals surface area contributed by atoms with Gasteiger partial charge >= 0.3 is 5.69 Å². The summed E-state index contributed by atoms with van der Waals surface area (Å²) in [5.74, 6) is 0.147. The normalized spacial score (nSPS) is 10.4. The SMILES string of the molecule is COc1ccc(NC(=S)N/N=C/c2cc(OC)c(O)c([N+](=O)[O-])c2)cc1. The predicted octanol–water partition coefficient (Wildman–Crippen LogP) is 2.64. The summed E-state index contributed by atoms with van der Waals surface area (Å²) in [6.07, 6.45) is 1.32. The number of phenolic OH excluding ortho intramolecular Hbond substituents is 1. The summed E-state index contributed by atoms with van der Waals surface area (Å²) in [4.78, 5) is 10.3. The van der Waals surface area contributed by atoms with Crippen LogP contribution in [0.1, 0.15) is 5.56 Å². The van der Waals surface area contributed by atoms with Crippen molar-refractivity contribution in [1.29, 1.82) is 0 Å². The van der Waals surface area contributed by atoms with Crippen molar-refractivity contribution in [3.8, 4) is 17.2 Å². The van der Waals surface area contributed by atoms with Gasteiger partial charge in [0.2, 0.25) is 5.75 Å². The van der Waals surface area contributed by atoms with Gasteiger partial charge in [-0.3, -0.25) is 15.5 Å². The highest BCUT2D eigenvalue weighted by molar-refractivity contribution is 7.80. The van der Waals surface area contributed by atoms with E-state index in [1.54, 1.807) is 31.4 Å². The van der Waals surface area contributed by atoms with E-state index in [4.69, 9.17) is 21.7 Å². The minimum absolute atomic E-state index is 0.0282. The molecule has 9 nitrogen and oxygen atoms in total. The van der Waals surface area contributed by atoms with Gasteiger partial charge in [0, 0.05) is 17.3 Å². The fourth-order valence-electron chi connectivity index (χ4n) is 1.98. The van der Waals surface area contributed by atoms with Gasteiger partial charge in [-0.1, -0.05) is 0 Å². The number of nitrogens with one attached hydrogen (secondary N) is 2. The Morgan fingerprint density at radius 3 is 2.54 bits per heavy atom. The van der Waals surface area contributed by atoms with E-state index in [0.29, 0.717) is 5.56 Å². The summed E-state index contributed by atoms with van der Waals surface area (Å²) in [5, 5.41) is 27.8. The van der Waals surface area contributed by atoms with E-state index in [-0.39, 0.29) is 10.9 Å². The van der Waals surface area contributed by atoms with Crippen LogP contribution in [0, 0.1) is 10.1 Å². The van der Waals surface area contributed by atoms with E-state index in [2.05, 4.69) is 15.8 Å². The van der Waals surface area contributed by atoms with Gasteiger partial charge in [0.15, 0.2) is 10.9 Å². The fourth-order valence-corrected chi connectivity index (χ4v) is 2.15. The molecule has 0 unspecified atom stereocenters. The smallest absolute Gasteiger partial charge is 0.315 e. The number of rotatable bonds is 6. The summed E-state index contributed by atoms with van der Waals surface area (Å²) >= 11 is 5.11. The minimum Gasteiger partial charge on any atom is -0.500 e. The molecular weight excluding hydrogens is 360 g/mol. The van der Waals surface area contributed by atoms with Crippen molar-refractivity contribution in [2.45, 2.75) is 0 Å². The molecular formula is C16H16N4O5S. The average molecular weight is 376 g/mol. The van der Waals surface area contributed by atoms with Gasteiger partial charge in [-0.25, -0.2) is 0 Å². The summed E-state index contributed by atoms with van der Waals surface area (Å²) in [6, 6.07) is 9.69. The Balaban J connectivity index is 2.03. The first kappa shape index (κ1) is 18.9. The second-order valence-electron chi connectivity index (χ2n) is 4.90. The number of hydrazone groups is 1. The molecule has 0 heterocycles. The van der Waals surface area contributed by atoms with Crippen LogP contribution in [-0.4, -0.2) is 35.6 Å². The van der Waals surface area contributed by atoms with Gasteiger partial charge in [0.05, 0.1) is 25.4 Å². The molecule has 0 bridgehead atoms. The number of aromatic hydroxyl groups is 1. The lowest BCUT2D eigenvalue weighted by molar-refractivity contribution is -0.386. The van der Waals surface area contributed by atoms with Gasteiger partial charge in [0.25, 0.3) is 0 Å². The molecule has 0 fully saturated rings. The second kappa shape index (κ2) is 8.62. The third kappa shape index (κ3) is 4.80. The largest absolute Gasteiger partial charge is 0.500 e. The summed E-state index contributed by atoms with van der Waals surface area (Å²) in [6.45, 7) is 0. The highest BCUT2D eigenvalue weighted by atomic mass is 32.1. The van der Waals surface area contributed by atoms with Gasteiger partial charge < -0.3 is 19.9 Å². The lowest BCUT2D eigenvalue weighted by Gasteiger charge is -2.08. The Morgan fingerprint density at radius 2 is 1.96 bits per heavy atom. The molecule has 10 heteroatoms. The third-order valence-electron chi connectivity index (χ3n) is 3.22. The number of nitro benzene ring substituents is 1. The second-order valence-corrected chi connectivity index (χ2v) is 5.31. The molecule has 2 rings (SSSR count). The Bertz CT molecular complexity index is 839. The quantitative estimate of drug-likeness (QED) is 0.305. The van der Waals surface area contributed by atoms with Crippen LogP contribution < -0.4 is 20.2 Å². The molecule has 0 radical (unpaired) electrons. The van der Waals surface area contributed by atoms with Crippen molar-refractivity contribution >= 4 is 34.9 Å². The standard InChI is InChI=1S/C16H16N4O5S/c1-24-12-5-3-11(4-6-12)18-16(26)19-17-9-10-7-13(20(22)23)15(21)14(8-10)25-2/h3-9,21H,1-2H3,(H2,18,19,26)/b17-9+. The zero-order chi connectivity index (χ0) is 19.1. The summed E-state index contributed by atoms with van der Waals surface area (Å²) < 4.78 is 9.98. The Hall–Kier alpha value is -3.40. The van der Waals surface area contributed by atoms with Crippen LogP contribution in [-0.2, 0) is 0 Å². The number of methoxy groups -OCH3 is 2. The predicted molar refractivity (Wildman–Crippen MR) is 101 cm³/mol. The van der Waals surface area contributed by atoms with Crippen LogP contribution in [0.25, 0.3) is 0 Å². The number of hydrogen-bond donors (Lipinski definition) is 3. The average Bonchev–Trinajstić information content (AvgIpc) is 2.63. The minimum atomic E-state index is -0.710. The molecule has 0 amide bonds. The van der Waals surface area contributed by atoms with Crippen molar-refractivity contribution in [1.82, 2.24) is 5.43 Å². The maximum Gasteiger partial charge on any atom is 0.315 e. The highest BCUT2D eigenvalue weighted by Crippen LogP contribution is 2.36. The number of benzene rings is 2. The zero-order valence-corrected chi connectivity index (χ0v) is 14.7. The fraction of sp³-hybridized carbons (Fsp3) is 0.125. The molecule has 0 aliphatic rings. The Morgan fingerprint density at radius 1 is 1.27 bits per heavy atom. The van der Waals surface area contributed by atoms with Crippen LogP contribution in [0.2, 0.25) is 0 Å². The van der Waals surface area contributed by atoms with Gasteiger partial charge in [-0.05, 0) is 42.5 Å². The number of hydrogen-bond acceptors (Lipinski definition) is 7. The maximum atomic E-state index is 11.0. The lowest BCUT2D eigenvalue weighted by Crippen LogP contribution is -2.23. The molecule has 0 spiro atoms. The van der Waals surface area contributed by atoms with Gasteiger partial charge in [-0.2, -0.15) is 5.10 Å². The first-order valence-corrected chi connectivity index (χ1v) is 7.65. The van der Waals surface area contributed by atoms with E-state index in [9.17, 15) is 15.2 Å². The molecule has 0 aliphatic carbocycles. The number of anilines is 1. The number of nitrogens with zero attached hydrogens (tertiary/aromatic N) is 2. The molecule has 136 valence electrons. The molecule has 0 atom stereocenters. The number of ether oxygens (including phenoxy) is 2. The highest BCUT2D eigenvalue weighted by Gasteiger charge is 2.19. The van der Waals surface area contributed by atoms with Crippen molar-refractivity contribution in [3.63, 3.8) is 0 Å². The first-order chi connectivity index (χ1) is 12.4.